The molecule has 0 fully saturated rings. The number of amides is 3. The van der Waals surface area contributed by atoms with Gasteiger partial charge >= 0.3 is 6.03 Å². The molecule has 0 bridgehead atoms. The fourth-order valence-corrected chi connectivity index (χ4v) is 4.95. The van der Waals surface area contributed by atoms with Gasteiger partial charge in [-0.25, -0.2) is 9.78 Å². The normalized spacial score (nSPS) is 10.7. The van der Waals surface area contributed by atoms with Crippen molar-refractivity contribution in [2.24, 2.45) is 0 Å². The summed E-state index contributed by atoms with van der Waals surface area (Å²) in [5, 5.41) is 9.07. The number of halogens is 1. The maximum Gasteiger partial charge on any atom is 0.323 e. The standard InChI is InChI=1S/C23H19ClN4O2S2/c1-14-3-2-4-17(11-14)25-21(29)13-31-23-28-19-10-9-18(12-20(19)32-23)27-22(30)26-16-7-5-15(24)6-8-16/h2-12H,13H2,1H3,(H,25,29)(H2,26,27,30). The van der Waals surface area contributed by atoms with Crippen LogP contribution in [0.25, 0.3) is 10.2 Å². The molecular formula is C23H19ClN4O2S2. The molecule has 0 aliphatic rings. The number of carbonyl (C=O) groups is 2. The van der Waals surface area contributed by atoms with E-state index < -0.39 is 0 Å². The van der Waals surface area contributed by atoms with Crippen LogP contribution in [0.4, 0.5) is 21.9 Å². The number of nitrogens with zero attached hydrogens (tertiary/aromatic N) is 1. The summed E-state index contributed by atoms with van der Waals surface area (Å²) in [5.74, 6) is 0.184. The number of urea groups is 1. The molecule has 9 heteroatoms. The summed E-state index contributed by atoms with van der Waals surface area (Å²) in [6.07, 6.45) is 0. The van der Waals surface area contributed by atoms with E-state index in [1.54, 1.807) is 30.3 Å². The number of hydrogen-bond donors (Lipinski definition) is 3. The molecule has 32 heavy (non-hydrogen) atoms. The van der Waals surface area contributed by atoms with E-state index in [1.165, 1.54) is 23.1 Å². The third kappa shape index (κ3) is 6.00. The van der Waals surface area contributed by atoms with Crippen LogP contribution in [0.2, 0.25) is 5.02 Å². The highest BCUT2D eigenvalue weighted by molar-refractivity contribution is 8.01. The van der Waals surface area contributed by atoms with Crippen LogP contribution in [0.15, 0.2) is 71.1 Å². The number of anilines is 3. The van der Waals surface area contributed by atoms with Gasteiger partial charge in [0.05, 0.1) is 16.0 Å². The topological polar surface area (TPSA) is 83.1 Å². The van der Waals surface area contributed by atoms with E-state index in [4.69, 9.17) is 11.6 Å². The second kappa shape index (κ2) is 10.0. The summed E-state index contributed by atoms with van der Waals surface area (Å²) >= 11 is 8.73. The minimum Gasteiger partial charge on any atom is -0.325 e. The molecule has 0 saturated heterocycles. The monoisotopic (exact) mass is 482 g/mol. The molecule has 0 spiro atoms. The number of aryl methyl sites for hydroxylation is 1. The maximum absolute atomic E-state index is 12.2. The molecule has 3 N–H and O–H groups in total. The van der Waals surface area contributed by atoms with Crippen LogP contribution < -0.4 is 16.0 Å². The van der Waals surface area contributed by atoms with Crippen LogP contribution in [0.5, 0.6) is 0 Å². The van der Waals surface area contributed by atoms with E-state index in [2.05, 4.69) is 20.9 Å². The second-order valence-electron chi connectivity index (χ2n) is 6.95. The molecule has 0 aliphatic heterocycles. The number of thiazole rings is 1. The van der Waals surface area contributed by atoms with Crippen molar-refractivity contribution in [1.29, 1.82) is 0 Å². The van der Waals surface area contributed by atoms with Crippen molar-refractivity contribution in [3.8, 4) is 0 Å². The van der Waals surface area contributed by atoms with Gasteiger partial charge in [-0.3, -0.25) is 4.79 Å². The molecule has 3 aromatic carbocycles. The third-order valence-electron chi connectivity index (χ3n) is 4.36. The number of benzene rings is 3. The van der Waals surface area contributed by atoms with Crippen molar-refractivity contribution in [2.75, 3.05) is 21.7 Å². The second-order valence-corrected chi connectivity index (χ2v) is 9.64. The fourth-order valence-electron chi connectivity index (χ4n) is 2.92. The maximum atomic E-state index is 12.2. The average Bonchev–Trinajstić information content (AvgIpc) is 3.16. The predicted octanol–water partition coefficient (Wildman–Crippen LogP) is 6.63. The summed E-state index contributed by atoms with van der Waals surface area (Å²) in [4.78, 5) is 29.0. The zero-order valence-corrected chi connectivity index (χ0v) is 19.4. The van der Waals surface area contributed by atoms with Gasteiger partial charge in [0.1, 0.15) is 0 Å². The van der Waals surface area contributed by atoms with E-state index >= 15 is 0 Å². The predicted molar refractivity (Wildman–Crippen MR) is 134 cm³/mol. The number of carbonyl (C=O) groups excluding carboxylic acids is 2. The zero-order valence-electron chi connectivity index (χ0n) is 17.0. The first-order valence-electron chi connectivity index (χ1n) is 9.68. The van der Waals surface area contributed by atoms with Crippen molar-refractivity contribution in [1.82, 2.24) is 4.98 Å². The molecule has 0 radical (unpaired) electrons. The Morgan fingerprint density at radius 1 is 0.938 bits per heavy atom. The van der Waals surface area contributed by atoms with Crippen LogP contribution in [-0.4, -0.2) is 22.7 Å². The van der Waals surface area contributed by atoms with Gasteiger partial charge in [-0.05, 0) is 67.1 Å². The lowest BCUT2D eigenvalue weighted by Crippen LogP contribution is -2.19. The molecule has 1 aromatic heterocycles. The molecule has 6 nitrogen and oxygen atoms in total. The van der Waals surface area contributed by atoms with Gasteiger partial charge < -0.3 is 16.0 Å². The van der Waals surface area contributed by atoms with Gasteiger partial charge in [0.25, 0.3) is 0 Å². The van der Waals surface area contributed by atoms with Crippen LogP contribution in [0.1, 0.15) is 5.56 Å². The lowest BCUT2D eigenvalue weighted by atomic mass is 10.2. The highest BCUT2D eigenvalue weighted by atomic mass is 35.5. The number of hydrogen-bond acceptors (Lipinski definition) is 5. The van der Waals surface area contributed by atoms with Crippen molar-refractivity contribution in [2.45, 2.75) is 11.3 Å². The van der Waals surface area contributed by atoms with E-state index in [9.17, 15) is 9.59 Å². The van der Waals surface area contributed by atoms with Crippen LogP contribution in [-0.2, 0) is 4.79 Å². The molecule has 0 aliphatic carbocycles. The van der Waals surface area contributed by atoms with Crippen molar-refractivity contribution >= 4 is 73.9 Å². The lowest BCUT2D eigenvalue weighted by Gasteiger charge is -2.07. The van der Waals surface area contributed by atoms with E-state index in [0.29, 0.717) is 16.4 Å². The first kappa shape index (κ1) is 22.1. The van der Waals surface area contributed by atoms with Crippen molar-refractivity contribution in [3.05, 3.63) is 77.3 Å². The Morgan fingerprint density at radius 2 is 1.66 bits per heavy atom. The van der Waals surface area contributed by atoms with E-state index in [0.717, 1.165) is 25.8 Å². The summed E-state index contributed by atoms with van der Waals surface area (Å²) in [5.41, 5.74) is 4.00. The molecule has 162 valence electrons. The molecule has 4 rings (SSSR count). The Morgan fingerprint density at radius 3 is 2.44 bits per heavy atom. The summed E-state index contributed by atoms with van der Waals surface area (Å²) in [6, 6.07) is 19.7. The highest BCUT2D eigenvalue weighted by Crippen LogP contribution is 2.31. The molecule has 4 aromatic rings. The van der Waals surface area contributed by atoms with E-state index in [-0.39, 0.29) is 17.7 Å². The van der Waals surface area contributed by atoms with Crippen LogP contribution in [0.3, 0.4) is 0 Å². The van der Waals surface area contributed by atoms with Crippen molar-refractivity contribution < 1.29 is 9.59 Å². The zero-order chi connectivity index (χ0) is 22.5. The molecule has 3 amide bonds. The molecule has 1 heterocycles. The Labute approximate surface area is 198 Å². The quantitative estimate of drug-likeness (QED) is 0.269. The number of fused-ring (bicyclic) bond motifs is 1. The van der Waals surface area contributed by atoms with Crippen LogP contribution in [0, 0.1) is 6.92 Å². The lowest BCUT2D eigenvalue weighted by molar-refractivity contribution is -0.113. The number of aromatic nitrogens is 1. The minimum absolute atomic E-state index is 0.0823. The minimum atomic E-state index is -0.349. The SMILES string of the molecule is Cc1cccc(NC(=O)CSc2nc3ccc(NC(=O)Nc4ccc(Cl)cc4)cc3s2)c1. The largest absolute Gasteiger partial charge is 0.325 e. The van der Waals surface area contributed by atoms with Gasteiger partial charge in [0, 0.05) is 22.1 Å². The van der Waals surface area contributed by atoms with Gasteiger partial charge in [0.2, 0.25) is 5.91 Å². The number of thioether (sulfide) groups is 1. The Hall–Kier alpha value is -3.07. The molecule has 0 unspecified atom stereocenters. The fraction of sp³-hybridized carbons (Fsp3) is 0.0870. The number of nitrogens with one attached hydrogen (secondary N) is 3. The summed E-state index contributed by atoms with van der Waals surface area (Å²) < 4.78 is 1.72. The first-order valence-corrected chi connectivity index (χ1v) is 11.9. The summed E-state index contributed by atoms with van der Waals surface area (Å²) in [7, 11) is 0. The van der Waals surface area contributed by atoms with Gasteiger partial charge in [-0.1, -0.05) is 35.5 Å². The average molecular weight is 483 g/mol. The third-order valence-corrected chi connectivity index (χ3v) is 6.77. The molecule has 0 atom stereocenters. The van der Waals surface area contributed by atoms with Gasteiger partial charge in [-0.15, -0.1) is 11.3 Å². The van der Waals surface area contributed by atoms with E-state index in [1.807, 2.05) is 43.3 Å². The Balaban J connectivity index is 1.34. The first-order chi connectivity index (χ1) is 15.4. The number of rotatable bonds is 6. The van der Waals surface area contributed by atoms with Gasteiger partial charge in [-0.2, -0.15) is 0 Å². The molecule has 0 saturated carbocycles. The highest BCUT2D eigenvalue weighted by Gasteiger charge is 2.10. The van der Waals surface area contributed by atoms with Crippen LogP contribution >= 0.6 is 34.7 Å². The smallest absolute Gasteiger partial charge is 0.323 e. The Kier molecular flexibility index (Phi) is 6.94. The van der Waals surface area contributed by atoms with Crippen molar-refractivity contribution in [3.63, 3.8) is 0 Å². The summed E-state index contributed by atoms with van der Waals surface area (Å²) in [6.45, 7) is 1.98. The molecular weight excluding hydrogens is 464 g/mol. The Bertz CT molecular complexity index is 1270. The van der Waals surface area contributed by atoms with Gasteiger partial charge in [0.15, 0.2) is 4.34 Å².